The standard InChI is InChI=1S/C25H30N6O2/c32-23(28-18-9-2-1-3-10-18)22(17-8-6-14-26-16-17)31(24(33)21-13-7-15-27-21)25-29-19-11-4-5-12-20(19)30-25/h4-6,8,11-12,14,16,18,21-22,27H,1-3,7,9-10,13,15H2,(H,28,32)(H,29,30). The van der Waals surface area contributed by atoms with Crippen LogP contribution < -0.4 is 15.5 Å². The molecule has 1 aromatic carbocycles. The number of aromatic nitrogens is 3. The molecule has 2 unspecified atom stereocenters. The van der Waals surface area contributed by atoms with Gasteiger partial charge in [-0.3, -0.25) is 19.5 Å². The second-order valence-corrected chi connectivity index (χ2v) is 8.97. The van der Waals surface area contributed by atoms with Crippen molar-refractivity contribution >= 4 is 28.8 Å². The Labute approximate surface area is 193 Å². The molecule has 8 heteroatoms. The van der Waals surface area contributed by atoms with E-state index in [1.807, 2.05) is 30.3 Å². The van der Waals surface area contributed by atoms with E-state index < -0.39 is 6.04 Å². The highest BCUT2D eigenvalue weighted by atomic mass is 16.2. The molecule has 2 atom stereocenters. The minimum Gasteiger partial charge on any atom is -0.351 e. The van der Waals surface area contributed by atoms with Gasteiger partial charge in [0.05, 0.1) is 17.1 Å². The van der Waals surface area contributed by atoms with E-state index in [0.29, 0.717) is 11.5 Å². The highest BCUT2D eigenvalue weighted by Gasteiger charge is 2.39. The molecule has 3 heterocycles. The van der Waals surface area contributed by atoms with E-state index in [9.17, 15) is 9.59 Å². The van der Waals surface area contributed by atoms with E-state index in [-0.39, 0.29) is 23.9 Å². The van der Waals surface area contributed by atoms with E-state index in [1.54, 1.807) is 18.5 Å². The third-order valence-corrected chi connectivity index (χ3v) is 6.66. The maximum Gasteiger partial charge on any atom is 0.248 e. The Morgan fingerprint density at radius 3 is 2.61 bits per heavy atom. The lowest BCUT2D eigenvalue weighted by Crippen LogP contribution is -2.52. The van der Waals surface area contributed by atoms with Gasteiger partial charge in [0.2, 0.25) is 17.8 Å². The van der Waals surface area contributed by atoms with Gasteiger partial charge in [0.15, 0.2) is 0 Å². The predicted octanol–water partition coefficient (Wildman–Crippen LogP) is 3.23. The minimum absolute atomic E-state index is 0.127. The number of nitrogens with one attached hydrogen (secondary N) is 3. The van der Waals surface area contributed by atoms with Gasteiger partial charge < -0.3 is 15.6 Å². The summed E-state index contributed by atoms with van der Waals surface area (Å²) in [5.74, 6) is 0.0310. The van der Waals surface area contributed by atoms with E-state index in [0.717, 1.165) is 56.1 Å². The van der Waals surface area contributed by atoms with Crippen molar-refractivity contribution in [3.05, 3.63) is 54.4 Å². The SMILES string of the molecule is O=C(NC1CCCCC1)C(c1cccnc1)N(C(=O)C1CCCN1)c1nc2ccccc2[nH]1. The van der Waals surface area contributed by atoms with Gasteiger partial charge in [-0.2, -0.15) is 0 Å². The Morgan fingerprint density at radius 2 is 1.88 bits per heavy atom. The quantitative estimate of drug-likeness (QED) is 0.539. The first-order chi connectivity index (χ1) is 16.2. The van der Waals surface area contributed by atoms with Crippen molar-refractivity contribution < 1.29 is 9.59 Å². The van der Waals surface area contributed by atoms with E-state index in [1.165, 1.54) is 11.3 Å². The maximum atomic E-state index is 13.8. The van der Waals surface area contributed by atoms with Crippen molar-refractivity contribution in [2.45, 2.75) is 63.1 Å². The molecular formula is C25H30N6O2. The Hall–Kier alpha value is -3.26. The molecule has 172 valence electrons. The van der Waals surface area contributed by atoms with Crippen LogP contribution in [0.25, 0.3) is 11.0 Å². The van der Waals surface area contributed by atoms with Crippen LogP contribution in [0.3, 0.4) is 0 Å². The Bertz CT molecular complexity index is 1070. The number of carbonyl (C=O) groups excluding carboxylic acids is 2. The first-order valence-electron chi connectivity index (χ1n) is 11.9. The number of rotatable bonds is 6. The van der Waals surface area contributed by atoms with Crippen molar-refractivity contribution in [3.63, 3.8) is 0 Å². The number of anilines is 1. The Morgan fingerprint density at radius 1 is 1.03 bits per heavy atom. The molecule has 5 rings (SSSR count). The molecule has 8 nitrogen and oxygen atoms in total. The fraction of sp³-hybridized carbons (Fsp3) is 0.440. The Kier molecular flexibility index (Phi) is 6.35. The zero-order valence-corrected chi connectivity index (χ0v) is 18.7. The summed E-state index contributed by atoms with van der Waals surface area (Å²) < 4.78 is 0. The van der Waals surface area contributed by atoms with E-state index >= 15 is 0 Å². The molecular weight excluding hydrogens is 416 g/mol. The normalized spacial score (nSPS) is 19.9. The van der Waals surface area contributed by atoms with Gasteiger partial charge in [0.1, 0.15) is 6.04 Å². The predicted molar refractivity (Wildman–Crippen MR) is 127 cm³/mol. The number of carbonyl (C=O) groups is 2. The third-order valence-electron chi connectivity index (χ3n) is 6.66. The van der Waals surface area contributed by atoms with Gasteiger partial charge in [0, 0.05) is 24.0 Å². The van der Waals surface area contributed by atoms with Crippen LogP contribution in [0.2, 0.25) is 0 Å². The van der Waals surface area contributed by atoms with Gasteiger partial charge in [-0.1, -0.05) is 37.5 Å². The number of H-pyrrole nitrogens is 1. The number of hydrogen-bond acceptors (Lipinski definition) is 5. The summed E-state index contributed by atoms with van der Waals surface area (Å²) >= 11 is 0. The molecule has 0 bridgehead atoms. The highest BCUT2D eigenvalue weighted by molar-refractivity contribution is 6.03. The second-order valence-electron chi connectivity index (χ2n) is 8.97. The molecule has 2 aromatic heterocycles. The summed E-state index contributed by atoms with van der Waals surface area (Å²) in [5.41, 5.74) is 2.24. The molecule has 3 aromatic rings. The zero-order chi connectivity index (χ0) is 22.6. The van der Waals surface area contributed by atoms with Crippen LogP contribution in [0.5, 0.6) is 0 Å². The first kappa shape index (κ1) is 21.6. The van der Waals surface area contributed by atoms with E-state index in [4.69, 9.17) is 4.98 Å². The van der Waals surface area contributed by atoms with Gasteiger partial charge in [-0.15, -0.1) is 0 Å². The molecule has 1 aliphatic heterocycles. The molecule has 2 aliphatic rings. The topological polar surface area (TPSA) is 103 Å². The number of hydrogen-bond donors (Lipinski definition) is 3. The average Bonchev–Trinajstić information content (AvgIpc) is 3.53. The zero-order valence-electron chi connectivity index (χ0n) is 18.7. The molecule has 0 spiro atoms. The lowest BCUT2D eigenvalue weighted by molar-refractivity contribution is -0.128. The number of nitrogens with zero attached hydrogens (tertiary/aromatic N) is 3. The molecule has 1 saturated carbocycles. The van der Waals surface area contributed by atoms with Crippen LogP contribution in [-0.4, -0.2) is 45.4 Å². The van der Waals surface area contributed by atoms with Crippen molar-refractivity contribution in [1.82, 2.24) is 25.6 Å². The molecule has 2 amide bonds. The van der Waals surface area contributed by atoms with Gasteiger partial charge >= 0.3 is 0 Å². The van der Waals surface area contributed by atoms with Crippen LogP contribution >= 0.6 is 0 Å². The summed E-state index contributed by atoms with van der Waals surface area (Å²) in [6.45, 7) is 0.788. The molecule has 3 N–H and O–H groups in total. The summed E-state index contributed by atoms with van der Waals surface area (Å²) in [4.78, 5) is 41.4. The molecule has 33 heavy (non-hydrogen) atoms. The number of benzene rings is 1. The van der Waals surface area contributed by atoms with Gasteiger partial charge in [-0.25, -0.2) is 4.98 Å². The number of para-hydroxylation sites is 2. The number of fused-ring (bicyclic) bond motifs is 1. The maximum absolute atomic E-state index is 13.8. The average molecular weight is 447 g/mol. The van der Waals surface area contributed by atoms with Crippen molar-refractivity contribution in [2.75, 3.05) is 11.4 Å². The fourth-order valence-corrected chi connectivity index (χ4v) is 4.95. The summed E-state index contributed by atoms with van der Waals surface area (Å²) in [7, 11) is 0. The third kappa shape index (κ3) is 4.61. The van der Waals surface area contributed by atoms with Crippen LogP contribution in [0, 0.1) is 0 Å². The van der Waals surface area contributed by atoms with Crippen LogP contribution in [0.1, 0.15) is 56.6 Å². The summed E-state index contributed by atoms with van der Waals surface area (Å²) in [6, 6.07) is 10.2. The first-order valence-corrected chi connectivity index (χ1v) is 11.9. The molecule has 1 aliphatic carbocycles. The lowest BCUT2D eigenvalue weighted by Gasteiger charge is -2.33. The summed E-state index contributed by atoms with van der Waals surface area (Å²) in [6.07, 6.45) is 10.4. The van der Waals surface area contributed by atoms with Crippen LogP contribution in [-0.2, 0) is 9.59 Å². The number of amides is 2. The van der Waals surface area contributed by atoms with Crippen molar-refractivity contribution in [3.8, 4) is 0 Å². The van der Waals surface area contributed by atoms with E-state index in [2.05, 4.69) is 20.6 Å². The highest BCUT2D eigenvalue weighted by Crippen LogP contribution is 2.30. The van der Waals surface area contributed by atoms with Gasteiger partial charge in [-0.05, 0) is 50.4 Å². The smallest absolute Gasteiger partial charge is 0.248 e. The number of pyridine rings is 1. The van der Waals surface area contributed by atoms with Crippen LogP contribution in [0.4, 0.5) is 5.95 Å². The van der Waals surface area contributed by atoms with Crippen LogP contribution in [0.15, 0.2) is 48.8 Å². The second kappa shape index (κ2) is 9.70. The molecule has 0 radical (unpaired) electrons. The Balaban J connectivity index is 1.57. The molecule has 2 fully saturated rings. The van der Waals surface area contributed by atoms with Gasteiger partial charge in [0.25, 0.3) is 0 Å². The fourth-order valence-electron chi connectivity index (χ4n) is 4.95. The number of aromatic amines is 1. The lowest BCUT2D eigenvalue weighted by atomic mass is 9.94. The monoisotopic (exact) mass is 446 g/mol. The minimum atomic E-state index is -0.865. The van der Waals surface area contributed by atoms with Crippen molar-refractivity contribution in [2.24, 2.45) is 0 Å². The summed E-state index contributed by atoms with van der Waals surface area (Å²) in [5, 5.41) is 6.51. The largest absolute Gasteiger partial charge is 0.351 e. The van der Waals surface area contributed by atoms with Crippen molar-refractivity contribution in [1.29, 1.82) is 0 Å². The number of imidazole rings is 1. The molecule has 1 saturated heterocycles.